The Morgan fingerprint density at radius 3 is 2.38 bits per heavy atom. The molecule has 3 rings (SSSR count). The van der Waals surface area contributed by atoms with Crippen LogP contribution < -0.4 is 10.6 Å². The van der Waals surface area contributed by atoms with Crippen molar-refractivity contribution in [3.8, 4) is 0 Å². The average molecular weight is 322 g/mol. The van der Waals surface area contributed by atoms with Gasteiger partial charge in [-0.15, -0.1) is 0 Å². The first kappa shape index (κ1) is 15.3. The van der Waals surface area contributed by atoms with Gasteiger partial charge in [0.25, 0.3) is 0 Å². The molecule has 1 aromatic carbocycles. The summed E-state index contributed by atoms with van der Waals surface area (Å²) < 4.78 is 0. The zero-order chi connectivity index (χ0) is 16.9. The lowest BCUT2D eigenvalue weighted by Crippen LogP contribution is -2.05. The number of benzene rings is 1. The molecule has 0 radical (unpaired) electrons. The van der Waals surface area contributed by atoms with Crippen molar-refractivity contribution in [3.05, 3.63) is 70.8 Å². The van der Waals surface area contributed by atoms with Gasteiger partial charge in [0.1, 0.15) is 6.33 Å². The van der Waals surface area contributed by atoms with Crippen molar-refractivity contribution in [2.24, 2.45) is 0 Å². The van der Waals surface area contributed by atoms with E-state index in [1.807, 2.05) is 31.2 Å². The lowest BCUT2D eigenvalue weighted by molar-refractivity contribution is -0.383. The second-order valence-corrected chi connectivity index (χ2v) is 5.04. The maximum absolute atomic E-state index is 11.5. The Morgan fingerprint density at radius 2 is 1.75 bits per heavy atom. The van der Waals surface area contributed by atoms with Gasteiger partial charge in [-0.25, -0.2) is 9.97 Å². The summed E-state index contributed by atoms with van der Waals surface area (Å²) in [4.78, 5) is 23.0. The molecule has 8 nitrogen and oxygen atoms in total. The molecule has 0 amide bonds. The number of anilines is 4. The van der Waals surface area contributed by atoms with E-state index in [2.05, 4.69) is 25.6 Å². The van der Waals surface area contributed by atoms with E-state index in [9.17, 15) is 10.1 Å². The lowest BCUT2D eigenvalue weighted by atomic mass is 10.2. The molecule has 0 saturated carbocycles. The van der Waals surface area contributed by atoms with Gasteiger partial charge < -0.3 is 10.6 Å². The summed E-state index contributed by atoms with van der Waals surface area (Å²) >= 11 is 0. The second kappa shape index (κ2) is 6.69. The van der Waals surface area contributed by atoms with Crippen molar-refractivity contribution in [1.82, 2.24) is 15.0 Å². The van der Waals surface area contributed by atoms with Gasteiger partial charge in [0.15, 0.2) is 0 Å². The average Bonchev–Trinajstić information content (AvgIpc) is 2.56. The summed E-state index contributed by atoms with van der Waals surface area (Å²) in [7, 11) is 0. The Labute approximate surface area is 137 Å². The number of pyridine rings is 1. The molecule has 2 heterocycles. The predicted octanol–water partition coefficient (Wildman–Crippen LogP) is 3.58. The first-order valence-corrected chi connectivity index (χ1v) is 7.13. The van der Waals surface area contributed by atoms with Crippen molar-refractivity contribution in [2.75, 3.05) is 10.6 Å². The zero-order valence-electron chi connectivity index (χ0n) is 12.8. The molecule has 2 aromatic heterocycles. The van der Waals surface area contributed by atoms with Gasteiger partial charge in [-0.1, -0.05) is 12.1 Å². The quantitative estimate of drug-likeness (QED) is 0.546. The highest BCUT2D eigenvalue weighted by Gasteiger charge is 2.23. The first-order valence-electron chi connectivity index (χ1n) is 7.13. The van der Waals surface area contributed by atoms with E-state index in [1.165, 1.54) is 6.33 Å². The largest absolute Gasteiger partial charge is 0.353 e. The number of rotatable bonds is 5. The van der Waals surface area contributed by atoms with Gasteiger partial charge in [-0.3, -0.25) is 15.1 Å². The molecule has 24 heavy (non-hydrogen) atoms. The maximum atomic E-state index is 11.5. The summed E-state index contributed by atoms with van der Waals surface area (Å²) in [5.41, 5.74) is 2.11. The van der Waals surface area contributed by atoms with E-state index in [-0.39, 0.29) is 17.3 Å². The number of hydrogen-bond donors (Lipinski definition) is 2. The third kappa shape index (κ3) is 3.43. The van der Waals surface area contributed by atoms with Gasteiger partial charge in [-0.05, 0) is 36.8 Å². The highest BCUT2D eigenvalue weighted by atomic mass is 16.6. The topological polar surface area (TPSA) is 106 Å². The minimum absolute atomic E-state index is 0.0955. The summed E-state index contributed by atoms with van der Waals surface area (Å²) in [6.45, 7) is 1.94. The van der Waals surface area contributed by atoms with Crippen LogP contribution in [0.25, 0.3) is 0 Å². The summed E-state index contributed by atoms with van der Waals surface area (Å²) in [5, 5.41) is 17.4. The van der Waals surface area contributed by atoms with Crippen LogP contribution in [0.15, 0.2) is 55.1 Å². The van der Waals surface area contributed by atoms with Gasteiger partial charge in [-0.2, -0.15) is 0 Å². The zero-order valence-corrected chi connectivity index (χ0v) is 12.8. The molecule has 0 aliphatic rings. The summed E-state index contributed by atoms with van der Waals surface area (Å²) in [6, 6.07) is 11.0. The summed E-state index contributed by atoms with van der Waals surface area (Å²) in [6.07, 6.45) is 4.44. The molecule has 0 bridgehead atoms. The molecular weight excluding hydrogens is 308 g/mol. The fourth-order valence-corrected chi connectivity index (χ4v) is 2.17. The number of nitrogens with one attached hydrogen (secondary N) is 2. The molecule has 0 unspecified atom stereocenters. The SMILES string of the molecule is Cc1cccc(Nc2ncnc(Nc3cccnc3)c2[N+](=O)[O-])c1. The highest BCUT2D eigenvalue weighted by Crippen LogP contribution is 2.32. The number of hydrogen-bond acceptors (Lipinski definition) is 7. The molecule has 120 valence electrons. The molecule has 3 aromatic rings. The predicted molar refractivity (Wildman–Crippen MR) is 90.7 cm³/mol. The number of nitrogens with zero attached hydrogens (tertiary/aromatic N) is 4. The molecule has 2 N–H and O–H groups in total. The van der Waals surface area contributed by atoms with Crippen molar-refractivity contribution in [2.45, 2.75) is 6.92 Å². The van der Waals surface area contributed by atoms with Gasteiger partial charge >= 0.3 is 5.69 Å². The van der Waals surface area contributed by atoms with E-state index in [0.29, 0.717) is 11.4 Å². The van der Waals surface area contributed by atoms with Crippen LogP contribution in [0.1, 0.15) is 5.56 Å². The monoisotopic (exact) mass is 322 g/mol. The Morgan fingerprint density at radius 1 is 1.04 bits per heavy atom. The Balaban J connectivity index is 1.97. The van der Waals surface area contributed by atoms with Gasteiger partial charge in [0.2, 0.25) is 11.6 Å². The van der Waals surface area contributed by atoms with E-state index in [1.54, 1.807) is 24.5 Å². The van der Waals surface area contributed by atoms with Crippen LogP contribution in [0.3, 0.4) is 0 Å². The number of aryl methyl sites for hydroxylation is 1. The maximum Gasteiger partial charge on any atom is 0.353 e. The molecule has 0 spiro atoms. The standard InChI is InChI=1S/C16H14N6O2/c1-11-4-2-5-12(8-11)20-15-14(22(23)24)16(19-10-18-15)21-13-6-3-7-17-9-13/h2-10H,1H3,(H2,18,19,20,21). The first-order chi connectivity index (χ1) is 11.6. The molecular formula is C16H14N6O2. The molecule has 0 aliphatic heterocycles. The Kier molecular flexibility index (Phi) is 4.28. The van der Waals surface area contributed by atoms with Crippen molar-refractivity contribution in [1.29, 1.82) is 0 Å². The Bertz CT molecular complexity index is 869. The van der Waals surface area contributed by atoms with Crippen LogP contribution in [-0.4, -0.2) is 19.9 Å². The van der Waals surface area contributed by atoms with Crippen LogP contribution in [-0.2, 0) is 0 Å². The van der Waals surface area contributed by atoms with Crippen molar-refractivity contribution < 1.29 is 4.92 Å². The minimum Gasteiger partial charge on any atom is -0.334 e. The molecule has 0 atom stereocenters. The number of aromatic nitrogens is 3. The normalized spacial score (nSPS) is 10.2. The van der Waals surface area contributed by atoms with Crippen molar-refractivity contribution >= 4 is 28.7 Å². The third-order valence-electron chi connectivity index (χ3n) is 3.21. The Hall–Kier alpha value is -3.55. The van der Waals surface area contributed by atoms with Crippen LogP contribution in [0, 0.1) is 17.0 Å². The van der Waals surface area contributed by atoms with E-state index in [0.717, 1.165) is 5.56 Å². The lowest BCUT2D eigenvalue weighted by Gasteiger charge is -2.10. The van der Waals surface area contributed by atoms with E-state index < -0.39 is 4.92 Å². The fourth-order valence-electron chi connectivity index (χ4n) is 2.17. The fraction of sp³-hybridized carbons (Fsp3) is 0.0625. The van der Waals surface area contributed by atoms with Crippen LogP contribution in [0.4, 0.5) is 28.7 Å². The molecule has 8 heteroatoms. The third-order valence-corrected chi connectivity index (χ3v) is 3.21. The van der Waals surface area contributed by atoms with Crippen LogP contribution in [0.5, 0.6) is 0 Å². The summed E-state index contributed by atoms with van der Waals surface area (Å²) in [5.74, 6) is 0.213. The minimum atomic E-state index is -0.517. The molecule has 0 saturated heterocycles. The van der Waals surface area contributed by atoms with Gasteiger partial charge in [0, 0.05) is 11.9 Å². The van der Waals surface area contributed by atoms with E-state index >= 15 is 0 Å². The number of nitro groups is 1. The highest BCUT2D eigenvalue weighted by molar-refractivity contribution is 5.76. The molecule has 0 fully saturated rings. The van der Waals surface area contributed by atoms with Gasteiger partial charge in [0.05, 0.1) is 16.8 Å². The van der Waals surface area contributed by atoms with Crippen LogP contribution in [0.2, 0.25) is 0 Å². The van der Waals surface area contributed by atoms with Crippen molar-refractivity contribution in [3.63, 3.8) is 0 Å². The van der Waals surface area contributed by atoms with E-state index in [4.69, 9.17) is 0 Å². The molecule has 0 aliphatic carbocycles. The smallest absolute Gasteiger partial charge is 0.334 e. The second-order valence-electron chi connectivity index (χ2n) is 5.04. The van der Waals surface area contributed by atoms with Crippen LogP contribution >= 0.6 is 0 Å².